The smallest absolute Gasteiger partial charge is 0.000496 e. The van der Waals surface area contributed by atoms with E-state index in [9.17, 15) is 0 Å². The molecule has 0 amide bonds. The van der Waals surface area contributed by atoms with Crippen LogP contribution in [0.2, 0.25) is 0 Å². The molecule has 0 saturated heterocycles. The van der Waals surface area contributed by atoms with Crippen LogP contribution in [-0.2, 0) is 19.5 Å². The van der Waals surface area contributed by atoms with Crippen molar-refractivity contribution in [3.63, 3.8) is 0 Å². The summed E-state index contributed by atoms with van der Waals surface area (Å²) >= 11 is 0. The molecule has 1 N–H and O–H groups in total. The summed E-state index contributed by atoms with van der Waals surface area (Å²) in [5.74, 6) is 0. The fraction of sp³-hybridized carbons (Fsp3) is 0. The van der Waals surface area contributed by atoms with Crippen LogP contribution in [0.5, 0.6) is 0 Å². The van der Waals surface area contributed by atoms with Gasteiger partial charge in [-0.2, -0.15) is 0 Å². The van der Waals surface area contributed by atoms with Crippen LogP contribution in [-0.4, -0.2) is 4.98 Å². The molecule has 1 aromatic heterocycles. The molecule has 0 aromatic carbocycles. The topological polar surface area (TPSA) is 15.8 Å². The predicted molar refractivity (Wildman–Crippen MR) is 20.8 cm³/mol. The Bertz CT molecular complexity index is 64.0. The van der Waals surface area contributed by atoms with Crippen molar-refractivity contribution in [1.82, 2.24) is 4.98 Å². The largest absolute Gasteiger partial charge is 0.368 e. The van der Waals surface area contributed by atoms with Crippen LogP contribution < -0.4 is 0 Å². The molecule has 34 valence electrons. The number of nitrogens with one attached hydrogen (secondary N) is 1. The van der Waals surface area contributed by atoms with Gasteiger partial charge in [-0.25, -0.2) is 0 Å². The van der Waals surface area contributed by atoms with Crippen molar-refractivity contribution >= 4 is 0 Å². The van der Waals surface area contributed by atoms with Gasteiger partial charge in [-0.05, 0) is 12.1 Å². The molecule has 0 radical (unpaired) electrons. The summed E-state index contributed by atoms with van der Waals surface area (Å²) in [5, 5.41) is 0. The van der Waals surface area contributed by atoms with Gasteiger partial charge in [-0.1, -0.05) is 0 Å². The quantitative estimate of drug-likeness (QED) is 0.556. The maximum atomic E-state index is 2.86. The van der Waals surface area contributed by atoms with Crippen LogP contribution in [0, 0.1) is 0 Å². The molecule has 0 aliphatic carbocycles. The Hall–Kier alpha value is -0.0966. The Morgan fingerprint density at radius 3 is 1.67 bits per heavy atom. The maximum Gasteiger partial charge on any atom is 0.000496 e. The van der Waals surface area contributed by atoms with Gasteiger partial charge < -0.3 is 4.98 Å². The van der Waals surface area contributed by atoms with Gasteiger partial charge in [0.25, 0.3) is 0 Å². The van der Waals surface area contributed by atoms with Crippen molar-refractivity contribution in [2.24, 2.45) is 0 Å². The third-order valence-electron chi connectivity index (χ3n) is 0.496. The second-order valence-corrected chi connectivity index (χ2v) is 0.885. The predicted octanol–water partition coefficient (Wildman–Crippen LogP) is 1.01. The average molecular weight is 168 g/mol. The van der Waals surface area contributed by atoms with Gasteiger partial charge in [0.2, 0.25) is 0 Å². The fourth-order valence-electron chi connectivity index (χ4n) is 0.278. The molecule has 0 saturated carbocycles. The van der Waals surface area contributed by atoms with Crippen LogP contribution in [0.3, 0.4) is 0 Å². The first-order valence-corrected chi connectivity index (χ1v) is 1.58. The van der Waals surface area contributed by atoms with Gasteiger partial charge in [-0.3, -0.25) is 0 Å². The molecule has 0 bridgehead atoms. The van der Waals surface area contributed by atoms with E-state index in [-0.39, 0.29) is 19.5 Å². The summed E-state index contributed by atoms with van der Waals surface area (Å²) in [6.45, 7) is 0. The minimum absolute atomic E-state index is 0. The SMILES string of the molecule is [Ru].c1cc[nH]c1. The Labute approximate surface area is 49.5 Å². The molecule has 0 fully saturated rings. The molecule has 0 unspecified atom stereocenters. The van der Waals surface area contributed by atoms with Crippen LogP contribution in [0.4, 0.5) is 0 Å². The number of aromatic nitrogens is 1. The zero-order chi connectivity index (χ0) is 3.54. The van der Waals surface area contributed by atoms with Crippen molar-refractivity contribution in [2.45, 2.75) is 0 Å². The summed E-state index contributed by atoms with van der Waals surface area (Å²) in [7, 11) is 0. The summed E-state index contributed by atoms with van der Waals surface area (Å²) < 4.78 is 0. The summed E-state index contributed by atoms with van der Waals surface area (Å²) in [6.07, 6.45) is 3.75. The minimum Gasteiger partial charge on any atom is -0.368 e. The molecular formula is C4H5NRu. The van der Waals surface area contributed by atoms with E-state index in [1.54, 1.807) is 0 Å². The molecule has 0 atom stereocenters. The van der Waals surface area contributed by atoms with E-state index in [0.29, 0.717) is 0 Å². The van der Waals surface area contributed by atoms with Crippen molar-refractivity contribution < 1.29 is 19.5 Å². The Balaban J connectivity index is 0.000000250. The second kappa shape index (κ2) is 3.11. The van der Waals surface area contributed by atoms with E-state index < -0.39 is 0 Å². The summed E-state index contributed by atoms with van der Waals surface area (Å²) in [4.78, 5) is 2.86. The van der Waals surface area contributed by atoms with E-state index in [0.717, 1.165) is 0 Å². The number of rotatable bonds is 0. The van der Waals surface area contributed by atoms with Gasteiger partial charge in [0.05, 0.1) is 0 Å². The molecule has 6 heavy (non-hydrogen) atoms. The number of H-pyrrole nitrogens is 1. The first kappa shape index (κ1) is 5.90. The monoisotopic (exact) mass is 169 g/mol. The van der Waals surface area contributed by atoms with Crippen molar-refractivity contribution in [3.05, 3.63) is 24.5 Å². The van der Waals surface area contributed by atoms with Crippen LogP contribution >= 0.6 is 0 Å². The maximum absolute atomic E-state index is 2.86. The number of hydrogen-bond donors (Lipinski definition) is 1. The molecule has 1 nitrogen and oxygen atoms in total. The van der Waals surface area contributed by atoms with E-state index in [4.69, 9.17) is 0 Å². The van der Waals surface area contributed by atoms with Gasteiger partial charge in [0, 0.05) is 31.9 Å². The fourth-order valence-corrected chi connectivity index (χ4v) is 0.278. The average Bonchev–Trinajstić information content (AvgIpc) is 1.76. The van der Waals surface area contributed by atoms with Gasteiger partial charge >= 0.3 is 0 Å². The van der Waals surface area contributed by atoms with Crippen molar-refractivity contribution in [1.29, 1.82) is 0 Å². The Morgan fingerprint density at radius 1 is 1.00 bits per heavy atom. The van der Waals surface area contributed by atoms with Crippen LogP contribution in [0.15, 0.2) is 24.5 Å². The molecule has 1 rings (SSSR count). The van der Waals surface area contributed by atoms with Crippen LogP contribution in [0.1, 0.15) is 0 Å². The zero-order valence-electron chi connectivity index (χ0n) is 3.16. The first-order valence-electron chi connectivity index (χ1n) is 1.58. The molecule has 2 heteroatoms. The number of aromatic amines is 1. The normalized spacial score (nSPS) is 6.67. The Kier molecular flexibility index (Phi) is 3.06. The van der Waals surface area contributed by atoms with Crippen molar-refractivity contribution in [2.75, 3.05) is 0 Å². The van der Waals surface area contributed by atoms with Gasteiger partial charge in [-0.15, -0.1) is 0 Å². The minimum atomic E-state index is 0. The molecule has 0 aliphatic heterocycles. The summed E-state index contributed by atoms with van der Waals surface area (Å²) in [5.41, 5.74) is 0. The number of hydrogen-bond acceptors (Lipinski definition) is 0. The van der Waals surface area contributed by atoms with Gasteiger partial charge in [0.1, 0.15) is 0 Å². The van der Waals surface area contributed by atoms with Gasteiger partial charge in [0.15, 0.2) is 0 Å². The standard InChI is InChI=1S/C4H5N.Ru/c1-2-4-5-3-1;/h1-5H;. The first-order chi connectivity index (χ1) is 2.50. The van der Waals surface area contributed by atoms with E-state index in [1.807, 2.05) is 24.5 Å². The molecule has 0 aliphatic rings. The van der Waals surface area contributed by atoms with E-state index in [1.165, 1.54) is 0 Å². The third kappa shape index (κ3) is 1.37. The summed E-state index contributed by atoms with van der Waals surface area (Å²) in [6, 6.07) is 3.89. The third-order valence-corrected chi connectivity index (χ3v) is 0.496. The molecule has 0 spiro atoms. The second-order valence-electron chi connectivity index (χ2n) is 0.885. The van der Waals surface area contributed by atoms with Crippen LogP contribution in [0.25, 0.3) is 0 Å². The van der Waals surface area contributed by atoms with Crippen molar-refractivity contribution in [3.8, 4) is 0 Å². The van der Waals surface area contributed by atoms with E-state index >= 15 is 0 Å². The molecular weight excluding hydrogens is 163 g/mol. The zero-order valence-corrected chi connectivity index (χ0v) is 4.90. The van der Waals surface area contributed by atoms with E-state index in [2.05, 4.69) is 4.98 Å². The Morgan fingerprint density at radius 2 is 1.50 bits per heavy atom. The molecule has 1 heterocycles. The molecule has 1 aromatic rings.